The molecule has 0 saturated carbocycles. The van der Waals surface area contributed by atoms with E-state index in [9.17, 15) is 13.2 Å². The van der Waals surface area contributed by atoms with E-state index in [2.05, 4.69) is 10.6 Å². The van der Waals surface area contributed by atoms with E-state index in [-0.39, 0.29) is 29.9 Å². The minimum atomic E-state index is -2.97. The van der Waals surface area contributed by atoms with Crippen molar-refractivity contribution >= 4 is 21.4 Å². The van der Waals surface area contributed by atoms with E-state index in [4.69, 9.17) is 5.26 Å². The second kappa shape index (κ2) is 6.59. The maximum atomic E-state index is 11.7. The fourth-order valence-electron chi connectivity index (χ4n) is 2.23. The van der Waals surface area contributed by atoms with Crippen LogP contribution in [0.3, 0.4) is 0 Å². The van der Waals surface area contributed by atoms with Gasteiger partial charge in [-0.1, -0.05) is 6.07 Å². The summed E-state index contributed by atoms with van der Waals surface area (Å²) in [5, 5.41) is 14.6. The summed E-state index contributed by atoms with van der Waals surface area (Å²) < 4.78 is 22.6. The van der Waals surface area contributed by atoms with Crippen LogP contribution in [0.15, 0.2) is 24.3 Å². The van der Waals surface area contributed by atoms with Gasteiger partial charge in [0.05, 0.1) is 23.1 Å². The maximum absolute atomic E-state index is 11.7. The van der Waals surface area contributed by atoms with Crippen molar-refractivity contribution in [1.29, 1.82) is 5.26 Å². The van der Waals surface area contributed by atoms with Gasteiger partial charge >= 0.3 is 0 Å². The van der Waals surface area contributed by atoms with E-state index in [0.29, 0.717) is 18.5 Å². The number of nitriles is 1. The summed E-state index contributed by atoms with van der Waals surface area (Å²) in [5.41, 5.74) is 1.34. The van der Waals surface area contributed by atoms with Crippen molar-refractivity contribution in [2.24, 2.45) is 0 Å². The van der Waals surface area contributed by atoms with E-state index in [1.54, 1.807) is 18.2 Å². The molecule has 0 aliphatic carbocycles. The molecular weight excluding hydrogens is 290 g/mol. The Morgan fingerprint density at radius 3 is 2.90 bits per heavy atom. The van der Waals surface area contributed by atoms with Crippen LogP contribution >= 0.6 is 0 Å². The van der Waals surface area contributed by atoms with Crippen LogP contribution in [-0.4, -0.2) is 38.4 Å². The molecule has 21 heavy (non-hydrogen) atoms. The molecule has 0 spiro atoms. The van der Waals surface area contributed by atoms with Crippen molar-refractivity contribution in [1.82, 2.24) is 5.32 Å². The summed E-state index contributed by atoms with van der Waals surface area (Å²) in [6.45, 7) is 0.431. The Hall–Kier alpha value is -2.07. The molecule has 1 aliphatic rings. The predicted molar refractivity (Wildman–Crippen MR) is 79.5 cm³/mol. The third-order valence-corrected chi connectivity index (χ3v) is 5.04. The molecule has 0 bridgehead atoms. The standard InChI is InChI=1S/C14H17N3O3S/c15-9-11-2-1-3-12(8-11)16-6-4-14(18)17-13-5-7-21(19,20)10-13/h1-3,8,13,16H,4-7,10H2,(H,17,18). The molecule has 1 aromatic carbocycles. The molecule has 1 unspecified atom stereocenters. The van der Waals surface area contributed by atoms with Crippen LogP contribution in [-0.2, 0) is 14.6 Å². The van der Waals surface area contributed by atoms with E-state index >= 15 is 0 Å². The molecule has 112 valence electrons. The van der Waals surface area contributed by atoms with Gasteiger partial charge < -0.3 is 10.6 Å². The highest BCUT2D eigenvalue weighted by molar-refractivity contribution is 7.91. The molecule has 1 fully saturated rings. The highest BCUT2D eigenvalue weighted by Crippen LogP contribution is 2.12. The first-order chi connectivity index (χ1) is 9.98. The number of nitrogens with one attached hydrogen (secondary N) is 2. The SMILES string of the molecule is N#Cc1cccc(NCCC(=O)NC2CCS(=O)(=O)C2)c1. The second-order valence-corrected chi connectivity index (χ2v) is 7.27. The van der Waals surface area contributed by atoms with Gasteiger partial charge in [0.1, 0.15) is 0 Å². The van der Waals surface area contributed by atoms with Crippen LogP contribution in [0.25, 0.3) is 0 Å². The van der Waals surface area contributed by atoms with Crippen LogP contribution in [0.4, 0.5) is 5.69 Å². The van der Waals surface area contributed by atoms with Gasteiger partial charge in [-0.05, 0) is 24.6 Å². The Bertz CT molecular complexity index is 664. The summed E-state index contributed by atoms with van der Waals surface area (Å²) in [6.07, 6.45) is 0.749. The van der Waals surface area contributed by atoms with Crippen molar-refractivity contribution in [3.05, 3.63) is 29.8 Å². The molecule has 2 rings (SSSR count). The Morgan fingerprint density at radius 1 is 1.43 bits per heavy atom. The van der Waals surface area contributed by atoms with Gasteiger partial charge in [-0.2, -0.15) is 5.26 Å². The Morgan fingerprint density at radius 2 is 2.24 bits per heavy atom. The highest BCUT2D eigenvalue weighted by Gasteiger charge is 2.28. The van der Waals surface area contributed by atoms with Crippen molar-refractivity contribution in [3.8, 4) is 6.07 Å². The Kier molecular flexibility index (Phi) is 4.81. The summed E-state index contributed by atoms with van der Waals surface area (Å²) in [7, 11) is -2.97. The lowest BCUT2D eigenvalue weighted by Gasteiger charge is -2.11. The fourth-order valence-corrected chi connectivity index (χ4v) is 3.90. The van der Waals surface area contributed by atoms with Gasteiger partial charge in [-0.25, -0.2) is 8.42 Å². The number of benzene rings is 1. The Balaban J connectivity index is 1.73. The third kappa shape index (κ3) is 4.76. The normalized spacial score (nSPS) is 19.7. The number of carbonyl (C=O) groups excluding carboxylic acids is 1. The Labute approximate surface area is 124 Å². The number of anilines is 1. The average Bonchev–Trinajstić information content (AvgIpc) is 2.78. The lowest BCUT2D eigenvalue weighted by atomic mass is 10.2. The minimum absolute atomic E-state index is 0.0381. The van der Waals surface area contributed by atoms with Gasteiger partial charge in [0, 0.05) is 24.7 Å². The number of sulfone groups is 1. The summed E-state index contributed by atoms with van der Waals surface area (Å²) in [5.74, 6) is 0.0223. The average molecular weight is 307 g/mol. The van der Waals surface area contributed by atoms with Gasteiger partial charge in [0.15, 0.2) is 9.84 Å². The van der Waals surface area contributed by atoms with E-state index in [1.807, 2.05) is 12.1 Å². The van der Waals surface area contributed by atoms with E-state index in [1.165, 1.54) is 0 Å². The maximum Gasteiger partial charge on any atom is 0.222 e. The lowest BCUT2D eigenvalue weighted by Crippen LogP contribution is -2.36. The van der Waals surface area contributed by atoms with Crippen molar-refractivity contribution in [2.75, 3.05) is 23.4 Å². The molecule has 1 heterocycles. The minimum Gasteiger partial charge on any atom is -0.384 e. The second-order valence-electron chi connectivity index (χ2n) is 5.04. The first kappa shape index (κ1) is 15.3. The van der Waals surface area contributed by atoms with Gasteiger partial charge in [-0.15, -0.1) is 0 Å². The number of rotatable bonds is 5. The predicted octanol–water partition coefficient (Wildman–Crippen LogP) is 0.664. The van der Waals surface area contributed by atoms with Crippen LogP contribution in [0, 0.1) is 11.3 Å². The van der Waals surface area contributed by atoms with Crippen LogP contribution in [0.2, 0.25) is 0 Å². The van der Waals surface area contributed by atoms with Crippen LogP contribution < -0.4 is 10.6 Å². The first-order valence-electron chi connectivity index (χ1n) is 6.72. The third-order valence-electron chi connectivity index (χ3n) is 3.27. The number of carbonyl (C=O) groups is 1. The zero-order valence-electron chi connectivity index (χ0n) is 11.5. The first-order valence-corrected chi connectivity index (χ1v) is 8.54. The van der Waals surface area contributed by atoms with Gasteiger partial charge in [-0.3, -0.25) is 4.79 Å². The molecule has 1 amide bonds. The highest BCUT2D eigenvalue weighted by atomic mass is 32.2. The quantitative estimate of drug-likeness (QED) is 0.832. The van der Waals surface area contributed by atoms with Crippen molar-refractivity contribution < 1.29 is 13.2 Å². The van der Waals surface area contributed by atoms with E-state index < -0.39 is 9.84 Å². The fraction of sp³-hybridized carbons (Fsp3) is 0.429. The zero-order valence-corrected chi connectivity index (χ0v) is 12.3. The van der Waals surface area contributed by atoms with Crippen LogP contribution in [0.1, 0.15) is 18.4 Å². The van der Waals surface area contributed by atoms with Crippen molar-refractivity contribution in [3.63, 3.8) is 0 Å². The molecule has 1 saturated heterocycles. The zero-order chi connectivity index (χ0) is 15.3. The molecular formula is C14H17N3O3S. The summed E-state index contributed by atoms with van der Waals surface area (Å²) >= 11 is 0. The molecule has 0 aromatic heterocycles. The molecule has 0 radical (unpaired) electrons. The monoisotopic (exact) mass is 307 g/mol. The molecule has 1 aliphatic heterocycles. The largest absolute Gasteiger partial charge is 0.384 e. The molecule has 7 heteroatoms. The van der Waals surface area contributed by atoms with Crippen LogP contribution in [0.5, 0.6) is 0 Å². The van der Waals surface area contributed by atoms with Crippen molar-refractivity contribution in [2.45, 2.75) is 18.9 Å². The topological polar surface area (TPSA) is 99.1 Å². The molecule has 2 N–H and O–H groups in total. The summed E-state index contributed by atoms with van der Waals surface area (Å²) in [6, 6.07) is 8.79. The number of nitrogens with zero attached hydrogens (tertiary/aromatic N) is 1. The van der Waals surface area contributed by atoms with Gasteiger partial charge in [0.2, 0.25) is 5.91 Å². The van der Waals surface area contributed by atoms with Gasteiger partial charge in [0.25, 0.3) is 0 Å². The number of hydrogen-bond donors (Lipinski definition) is 2. The smallest absolute Gasteiger partial charge is 0.222 e. The molecule has 6 nitrogen and oxygen atoms in total. The summed E-state index contributed by atoms with van der Waals surface area (Å²) in [4.78, 5) is 11.7. The molecule has 1 atom stereocenters. The number of amides is 1. The number of hydrogen-bond acceptors (Lipinski definition) is 5. The molecule has 1 aromatic rings. The lowest BCUT2D eigenvalue weighted by molar-refractivity contribution is -0.121. The van der Waals surface area contributed by atoms with E-state index in [0.717, 1.165) is 5.69 Å².